The molecule has 21 heavy (non-hydrogen) atoms. The second-order valence-electron chi connectivity index (χ2n) is 4.24. The highest BCUT2D eigenvalue weighted by molar-refractivity contribution is 9.10. The number of hydrogen-bond donors (Lipinski definition) is 2. The van der Waals surface area contributed by atoms with Crippen LogP contribution in [0.1, 0.15) is 5.56 Å². The Bertz CT molecular complexity index is 683. The van der Waals surface area contributed by atoms with Crippen molar-refractivity contribution >= 4 is 39.9 Å². The van der Waals surface area contributed by atoms with E-state index in [1.165, 1.54) is 32.4 Å². The fourth-order valence-corrected chi connectivity index (χ4v) is 2.20. The summed E-state index contributed by atoms with van der Waals surface area (Å²) in [6, 6.07) is 2.21. The fraction of sp³-hybridized carbons (Fsp3) is 0.154. The lowest BCUT2D eigenvalue weighted by Gasteiger charge is -2.22. The summed E-state index contributed by atoms with van der Waals surface area (Å²) >= 11 is 3.14. The fourth-order valence-electron chi connectivity index (χ4n) is 1.75. The zero-order valence-corrected chi connectivity index (χ0v) is 12.7. The van der Waals surface area contributed by atoms with Gasteiger partial charge in [0.1, 0.15) is 5.57 Å². The van der Waals surface area contributed by atoms with Gasteiger partial charge in [-0.15, -0.1) is 0 Å². The molecular weight excluding hydrogens is 344 g/mol. The molecule has 1 aliphatic rings. The summed E-state index contributed by atoms with van der Waals surface area (Å²) in [4.78, 5) is 35.8. The number of ether oxygens (including phenoxy) is 1. The molecule has 0 spiro atoms. The Hall–Kier alpha value is -2.35. The van der Waals surface area contributed by atoms with Gasteiger partial charge in [-0.3, -0.25) is 19.8 Å². The van der Waals surface area contributed by atoms with E-state index in [2.05, 4.69) is 21.2 Å². The molecule has 0 bridgehead atoms. The van der Waals surface area contributed by atoms with Crippen LogP contribution in [0, 0.1) is 0 Å². The average Bonchev–Trinajstić information content (AvgIpc) is 2.44. The van der Waals surface area contributed by atoms with E-state index < -0.39 is 17.8 Å². The molecule has 2 N–H and O–H groups in total. The van der Waals surface area contributed by atoms with Gasteiger partial charge in [-0.1, -0.05) is 0 Å². The van der Waals surface area contributed by atoms with Gasteiger partial charge >= 0.3 is 6.03 Å². The molecule has 1 aliphatic heterocycles. The molecule has 1 heterocycles. The van der Waals surface area contributed by atoms with Crippen molar-refractivity contribution in [2.45, 2.75) is 0 Å². The predicted molar refractivity (Wildman–Crippen MR) is 76.6 cm³/mol. The summed E-state index contributed by atoms with van der Waals surface area (Å²) in [6.07, 6.45) is 1.31. The predicted octanol–water partition coefficient (Wildman–Crippen LogP) is 1.25. The number of amides is 4. The number of urea groups is 1. The van der Waals surface area contributed by atoms with Gasteiger partial charge in [0.05, 0.1) is 11.6 Å². The van der Waals surface area contributed by atoms with E-state index in [9.17, 15) is 19.5 Å². The first-order valence-electron chi connectivity index (χ1n) is 5.76. The number of phenols is 1. The van der Waals surface area contributed by atoms with Crippen LogP contribution in [-0.2, 0) is 9.59 Å². The van der Waals surface area contributed by atoms with Crippen LogP contribution in [0.25, 0.3) is 6.08 Å². The number of phenolic OH excluding ortho intramolecular Hbond substituents is 1. The molecule has 0 radical (unpaired) electrons. The van der Waals surface area contributed by atoms with E-state index in [0.717, 1.165) is 4.90 Å². The van der Waals surface area contributed by atoms with Crippen molar-refractivity contribution in [1.82, 2.24) is 10.2 Å². The Morgan fingerprint density at radius 1 is 1.33 bits per heavy atom. The second-order valence-corrected chi connectivity index (χ2v) is 5.09. The third kappa shape index (κ3) is 2.75. The standard InChI is InChI=1S/C13H11BrN2O5/c1-16-12(19)7(11(18)15-13(16)20)3-6-4-8(14)10(17)9(5-6)21-2/h3-5,17H,1-2H3,(H,15,18,20). The van der Waals surface area contributed by atoms with Crippen molar-refractivity contribution < 1.29 is 24.2 Å². The molecule has 0 aromatic heterocycles. The van der Waals surface area contributed by atoms with Gasteiger partial charge in [0.25, 0.3) is 11.8 Å². The number of carbonyl (C=O) groups excluding carboxylic acids is 3. The second kappa shape index (κ2) is 5.57. The highest BCUT2D eigenvalue weighted by Crippen LogP contribution is 2.35. The van der Waals surface area contributed by atoms with Crippen LogP contribution in [0.4, 0.5) is 4.79 Å². The summed E-state index contributed by atoms with van der Waals surface area (Å²) < 4.78 is 5.34. The van der Waals surface area contributed by atoms with E-state index in [-0.39, 0.29) is 17.1 Å². The van der Waals surface area contributed by atoms with E-state index in [1.54, 1.807) is 0 Å². The van der Waals surface area contributed by atoms with E-state index in [0.29, 0.717) is 10.0 Å². The summed E-state index contributed by atoms with van der Waals surface area (Å²) in [5.41, 5.74) is 0.273. The maximum atomic E-state index is 11.9. The van der Waals surface area contributed by atoms with Crippen LogP contribution < -0.4 is 10.1 Å². The molecule has 0 unspecified atom stereocenters. The molecule has 2 rings (SSSR count). The topological polar surface area (TPSA) is 95.9 Å². The van der Waals surface area contributed by atoms with Gasteiger partial charge in [0.15, 0.2) is 11.5 Å². The highest BCUT2D eigenvalue weighted by Gasteiger charge is 2.33. The maximum Gasteiger partial charge on any atom is 0.331 e. The van der Waals surface area contributed by atoms with Gasteiger partial charge in [-0.05, 0) is 39.7 Å². The number of nitrogens with one attached hydrogen (secondary N) is 1. The minimum absolute atomic E-state index is 0.0913. The van der Waals surface area contributed by atoms with Crippen molar-refractivity contribution in [1.29, 1.82) is 0 Å². The van der Waals surface area contributed by atoms with Gasteiger partial charge < -0.3 is 9.84 Å². The van der Waals surface area contributed by atoms with E-state index >= 15 is 0 Å². The lowest BCUT2D eigenvalue weighted by molar-refractivity contribution is -0.129. The molecule has 4 amide bonds. The molecule has 1 aromatic carbocycles. The van der Waals surface area contributed by atoms with Crippen LogP contribution in [-0.4, -0.2) is 42.0 Å². The molecular formula is C13H11BrN2O5. The van der Waals surface area contributed by atoms with Crippen LogP contribution in [0.15, 0.2) is 22.2 Å². The summed E-state index contributed by atoms with van der Waals surface area (Å²) in [5.74, 6) is -1.38. The molecule has 0 atom stereocenters. The molecule has 1 aromatic rings. The monoisotopic (exact) mass is 354 g/mol. The Kier molecular flexibility index (Phi) is 3.99. The minimum atomic E-state index is -0.772. The Labute approximate surface area is 128 Å². The SMILES string of the molecule is COc1cc(C=C2C(=O)NC(=O)N(C)C2=O)cc(Br)c1O. The molecule has 7 nitrogen and oxygen atoms in total. The van der Waals surface area contributed by atoms with Crippen molar-refractivity contribution in [3.63, 3.8) is 0 Å². The average molecular weight is 355 g/mol. The van der Waals surface area contributed by atoms with Crippen molar-refractivity contribution in [3.8, 4) is 11.5 Å². The number of rotatable bonds is 2. The van der Waals surface area contributed by atoms with Crippen molar-refractivity contribution in [2.75, 3.05) is 14.2 Å². The summed E-state index contributed by atoms with van der Waals surface area (Å²) in [7, 11) is 2.65. The lowest BCUT2D eigenvalue weighted by atomic mass is 10.1. The van der Waals surface area contributed by atoms with Crippen LogP contribution in [0.2, 0.25) is 0 Å². The largest absolute Gasteiger partial charge is 0.503 e. The zero-order chi connectivity index (χ0) is 15.7. The van der Waals surface area contributed by atoms with Crippen LogP contribution >= 0.6 is 15.9 Å². The quantitative estimate of drug-likeness (QED) is 0.615. The number of aromatic hydroxyl groups is 1. The number of benzene rings is 1. The smallest absolute Gasteiger partial charge is 0.331 e. The van der Waals surface area contributed by atoms with Crippen LogP contribution in [0.3, 0.4) is 0 Å². The van der Waals surface area contributed by atoms with Gasteiger partial charge in [-0.25, -0.2) is 4.79 Å². The van der Waals surface area contributed by atoms with Crippen LogP contribution in [0.5, 0.6) is 11.5 Å². The Balaban J connectivity index is 2.48. The summed E-state index contributed by atoms with van der Waals surface area (Å²) in [5, 5.41) is 11.8. The Morgan fingerprint density at radius 3 is 2.62 bits per heavy atom. The first-order valence-corrected chi connectivity index (χ1v) is 6.56. The molecule has 0 saturated carbocycles. The van der Waals surface area contributed by atoms with Crippen molar-refractivity contribution in [2.24, 2.45) is 0 Å². The number of nitrogens with zero attached hydrogens (tertiary/aromatic N) is 1. The highest BCUT2D eigenvalue weighted by atomic mass is 79.9. The van der Waals surface area contributed by atoms with Crippen molar-refractivity contribution in [3.05, 3.63) is 27.7 Å². The number of methoxy groups -OCH3 is 1. The van der Waals surface area contributed by atoms with E-state index in [1.807, 2.05) is 0 Å². The third-order valence-corrected chi connectivity index (χ3v) is 3.49. The third-order valence-electron chi connectivity index (χ3n) is 2.89. The van der Waals surface area contributed by atoms with E-state index in [4.69, 9.17) is 4.74 Å². The molecule has 8 heteroatoms. The minimum Gasteiger partial charge on any atom is -0.503 e. The van der Waals surface area contributed by atoms with Gasteiger partial charge in [0.2, 0.25) is 0 Å². The molecule has 110 valence electrons. The number of likely N-dealkylation sites (N-methyl/N-ethyl adjacent to an activating group) is 1. The molecule has 1 saturated heterocycles. The molecule has 1 fully saturated rings. The number of imide groups is 2. The number of carbonyl (C=O) groups is 3. The number of hydrogen-bond acceptors (Lipinski definition) is 5. The first-order chi connectivity index (χ1) is 9.85. The zero-order valence-electron chi connectivity index (χ0n) is 11.1. The van der Waals surface area contributed by atoms with Gasteiger partial charge in [-0.2, -0.15) is 0 Å². The lowest BCUT2D eigenvalue weighted by Crippen LogP contribution is -2.52. The Morgan fingerprint density at radius 2 is 2.00 bits per heavy atom. The summed E-state index contributed by atoms with van der Waals surface area (Å²) in [6.45, 7) is 0. The van der Waals surface area contributed by atoms with Gasteiger partial charge in [0, 0.05) is 7.05 Å². The first kappa shape index (κ1) is 15.0. The maximum absolute atomic E-state index is 11.9. The normalized spacial score (nSPS) is 17.2. The number of halogens is 1. The number of barbiturate groups is 1. The molecule has 0 aliphatic carbocycles.